The molecule has 0 rings (SSSR count). The van der Waals surface area contributed by atoms with Crippen LogP contribution in [0.2, 0.25) is 0 Å². The molecule has 0 aliphatic rings. The van der Waals surface area contributed by atoms with E-state index in [-0.39, 0.29) is 23.7 Å². The zero-order chi connectivity index (χ0) is 91.4. The maximum Gasteiger partial charge on any atom is 0.410 e. The number of nitrogens with zero attached hydrogens (tertiary/aromatic N) is 3. The van der Waals surface area contributed by atoms with Crippen LogP contribution in [-0.2, 0) is 23.7 Å². The third-order valence-corrected chi connectivity index (χ3v) is 24.2. The van der Waals surface area contributed by atoms with Gasteiger partial charge in [0.1, 0.15) is 28.0 Å². The van der Waals surface area contributed by atoms with Gasteiger partial charge in [-0.1, -0.05) is 195 Å². The van der Waals surface area contributed by atoms with Gasteiger partial charge in [-0.3, -0.25) is 0 Å². The van der Waals surface area contributed by atoms with Gasteiger partial charge in [-0.2, -0.15) is 0 Å². The van der Waals surface area contributed by atoms with Crippen molar-refractivity contribution < 1.29 is 47.7 Å². The minimum atomic E-state index is -0.530. The molecule has 0 aliphatic heterocycles. The third kappa shape index (κ3) is 133. The number of carbonyl (C=O) groups is 5. The molecule has 0 bridgehead atoms. The highest BCUT2D eigenvalue weighted by Crippen LogP contribution is 2.31. The van der Waals surface area contributed by atoms with Crippen molar-refractivity contribution in [2.75, 3.05) is 188 Å². The first kappa shape index (κ1) is 134. The van der Waals surface area contributed by atoms with Crippen molar-refractivity contribution in [1.82, 2.24) is 46.6 Å². The van der Waals surface area contributed by atoms with Crippen LogP contribution in [0.1, 0.15) is 243 Å². The lowest BCUT2D eigenvalue weighted by molar-refractivity contribution is 0.0248. The Bertz CT molecular complexity index is 2080. The molecule has 0 spiro atoms. The van der Waals surface area contributed by atoms with Crippen molar-refractivity contribution >= 4 is 208 Å². The van der Waals surface area contributed by atoms with Crippen LogP contribution in [0.4, 0.5) is 24.0 Å². The molecule has 14 N–H and O–H groups in total. The predicted molar refractivity (Wildman–Crippen MR) is 558 cm³/mol. The third-order valence-electron chi connectivity index (χ3n) is 12.8. The van der Waals surface area contributed by atoms with Gasteiger partial charge >= 0.3 is 30.5 Å². The average molecular weight is 1970 g/mol. The van der Waals surface area contributed by atoms with E-state index in [0.717, 1.165) is 158 Å². The molecule has 0 aromatic rings. The largest absolute Gasteiger partial charge is 0.444 e. The molecule has 0 fully saturated rings. The minimum Gasteiger partial charge on any atom is -0.444 e. The molecule has 117 heavy (non-hydrogen) atoms. The van der Waals surface area contributed by atoms with Crippen molar-refractivity contribution in [3.8, 4) is 0 Å². The monoisotopic (exact) mass is 1970 g/mol. The number of nitrogens with one attached hydrogen (secondary N) is 6. The fourth-order valence-corrected chi connectivity index (χ4v) is 16.2. The van der Waals surface area contributed by atoms with Crippen LogP contribution in [0.25, 0.3) is 0 Å². The normalized spacial score (nSPS) is 11.4. The Kier molecular flexibility index (Phi) is 106. The molecular formula is C78H175N13O10S16. The first-order valence-corrected chi connectivity index (χ1v) is 58.4. The number of alkyl carbamates (subject to hydrolysis) is 2. The van der Waals surface area contributed by atoms with Crippen molar-refractivity contribution in [3.05, 3.63) is 0 Å². The molecule has 0 radical (unpaired) electrons. The van der Waals surface area contributed by atoms with E-state index in [0.29, 0.717) is 69.8 Å². The van der Waals surface area contributed by atoms with E-state index < -0.39 is 40.2 Å². The van der Waals surface area contributed by atoms with E-state index in [1.54, 1.807) is 68.7 Å². The van der Waals surface area contributed by atoms with Gasteiger partial charge in [-0.05, 0) is 218 Å². The Morgan fingerprint density at radius 2 is 0.547 bits per heavy atom. The van der Waals surface area contributed by atoms with E-state index in [9.17, 15) is 24.0 Å². The molecule has 0 heterocycles. The molecule has 0 aromatic carbocycles. The van der Waals surface area contributed by atoms with Crippen LogP contribution in [0.3, 0.4) is 0 Å². The maximum absolute atomic E-state index is 12.5. The van der Waals surface area contributed by atoms with Gasteiger partial charge in [0.05, 0.1) is 0 Å². The highest BCUT2D eigenvalue weighted by molar-refractivity contribution is 8.77. The molecule has 5 amide bonds. The van der Waals surface area contributed by atoms with Crippen molar-refractivity contribution in [3.63, 3.8) is 0 Å². The number of unbranched alkanes of at least 4 members (excludes halogenated alkanes) is 5. The summed E-state index contributed by atoms with van der Waals surface area (Å²) in [5.41, 5.74) is 19.5. The summed E-state index contributed by atoms with van der Waals surface area (Å²) in [5, 5.41) is 18.5. The molecule has 39 heteroatoms. The number of rotatable bonds is 54. The van der Waals surface area contributed by atoms with E-state index in [1.807, 2.05) is 136 Å². The summed E-state index contributed by atoms with van der Waals surface area (Å²) in [6.07, 6.45) is 12.7. The first-order chi connectivity index (χ1) is 54.7. The van der Waals surface area contributed by atoms with Crippen LogP contribution < -0.4 is 54.8 Å². The predicted octanol–water partition coefficient (Wildman–Crippen LogP) is 20.3. The fraction of sp³-hybridized carbons (Fsp3) is 0.936. The van der Waals surface area contributed by atoms with E-state index in [1.165, 1.54) is 71.0 Å². The summed E-state index contributed by atoms with van der Waals surface area (Å²) in [6, 6.07) is 0. The number of amides is 5. The lowest BCUT2D eigenvalue weighted by Crippen LogP contribution is -2.40. The Labute approximate surface area is 788 Å². The number of carbonyl (C=O) groups excluding carboxylic acids is 5. The second-order valence-electron chi connectivity index (χ2n) is 33.6. The molecule has 0 aliphatic carbocycles. The van der Waals surface area contributed by atoms with Gasteiger partial charge in [0.2, 0.25) is 0 Å². The van der Waals surface area contributed by atoms with Crippen LogP contribution in [0.5, 0.6) is 0 Å². The number of hydrogen-bond acceptors (Lipinski definition) is 34. The van der Waals surface area contributed by atoms with Crippen LogP contribution in [-0.4, -0.2) is 262 Å². The average Bonchev–Trinajstić information content (AvgIpc) is 0.912. The summed E-state index contributed by atoms with van der Waals surface area (Å²) in [7, 11) is 16.7. The zero-order valence-electron chi connectivity index (χ0n) is 76.9. The Hall–Kier alpha value is 1.63. The number of thiol groups is 6. The maximum atomic E-state index is 12.5. The molecule has 23 nitrogen and oxygen atoms in total. The number of ether oxygens (including phenoxy) is 5. The van der Waals surface area contributed by atoms with E-state index >= 15 is 0 Å². The second kappa shape index (κ2) is 92.3. The van der Waals surface area contributed by atoms with E-state index in [2.05, 4.69) is 157 Å². The second-order valence-corrected chi connectivity index (χ2v) is 47.4. The molecule has 0 atom stereocenters. The Morgan fingerprint density at radius 3 is 0.812 bits per heavy atom. The number of hydrogen-bond donors (Lipinski definition) is 16. The molecule has 0 aromatic heterocycles. The smallest absolute Gasteiger partial charge is 0.410 e. The lowest BCUT2D eigenvalue weighted by Gasteiger charge is -2.27. The van der Waals surface area contributed by atoms with Crippen molar-refractivity contribution in [2.24, 2.45) is 33.8 Å². The molecule has 0 unspecified atom stereocenters. The highest BCUT2D eigenvalue weighted by Gasteiger charge is 2.26. The lowest BCUT2D eigenvalue weighted by atomic mass is 10.0. The molecule has 0 saturated heterocycles. The van der Waals surface area contributed by atoms with Gasteiger partial charge < -0.3 is 93.2 Å². The zero-order valence-corrected chi connectivity index (χ0v) is 90.4. The quantitative estimate of drug-likeness (QED) is 0.0116. The molecule has 0 saturated carbocycles. The van der Waals surface area contributed by atoms with Crippen LogP contribution in [0, 0.1) is 10.8 Å². The summed E-state index contributed by atoms with van der Waals surface area (Å²) < 4.78 is 26.6. The van der Waals surface area contributed by atoms with Crippen molar-refractivity contribution in [1.29, 1.82) is 0 Å². The van der Waals surface area contributed by atoms with E-state index in [4.69, 9.17) is 46.6 Å². The highest BCUT2D eigenvalue weighted by atomic mass is 33.1. The molecule has 708 valence electrons. The Balaban J connectivity index is -0.000000201. The summed E-state index contributed by atoms with van der Waals surface area (Å²) in [4.78, 5) is 64.8. The standard InChI is InChI=1S/C20H40N2O4S2.C15H30N2O4S2.C11H23NO2S2.C10H24N2S2.C7H16S2.3C5H14N2S2/c1-18(2,3)15-28-27-14-13-22(17(24)26-20(7,8)9)12-10-11-21-16(23)25-19(4,5)6;1-14(2,3)20-12(18)16-8-7-9-17(10-11-23-22)13(19)21-15(4,5)6;1-5-6-7-12(8-9-16-15)10(13)14-11(2,3)4;1-10(2,3)9-14-13-8-7-12-6-4-5-11;1-2-3-4-5-6-7-9-8;3*6-2-1-3-7-4-5-9-8/h10-15H2,1-9H3,(H,21,23);22H,7-11H2,1-6H3,(H,16,18);15H,5-9H2,1-4H3;12H,4-9,11H2,1-3H3;8H,2-7H2,1H3;3*7-8H,1-6H2. The molecular weight excluding hydrogens is 1790 g/mol. The minimum absolute atomic E-state index is 0.219. The summed E-state index contributed by atoms with van der Waals surface area (Å²) in [6.45, 7) is 61.5. The van der Waals surface area contributed by atoms with Crippen LogP contribution >= 0.6 is 178 Å². The van der Waals surface area contributed by atoms with Gasteiger partial charge in [-0.15, -0.1) is 70.0 Å². The fourth-order valence-electron chi connectivity index (χ4n) is 7.41. The van der Waals surface area contributed by atoms with Gasteiger partial charge in [0.15, 0.2) is 0 Å². The Morgan fingerprint density at radius 1 is 0.282 bits per heavy atom. The van der Waals surface area contributed by atoms with Crippen LogP contribution in [0.15, 0.2) is 0 Å². The SMILES string of the molecule is CC(C)(C)CSSCCN(CCCNC(=O)OC(C)(C)C)C(=O)OC(C)(C)C.CC(C)(C)CSSCCNCCCN.CC(C)(C)OC(=O)NCCCN(CCSS)C(=O)OC(C)(C)C.CCCCCCCSS.CCCCN(CCSS)C(=O)OC(C)(C)C.NCCCNCCSS.NCCCNCCSS.NCCCNCCSS. The first-order valence-electron chi connectivity index (χ1n) is 41.2. The van der Waals surface area contributed by atoms with Gasteiger partial charge in [-0.25, -0.2) is 24.0 Å². The van der Waals surface area contributed by atoms with Gasteiger partial charge in [0, 0.05) is 136 Å². The summed E-state index contributed by atoms with van der Waals surface area (Å²) in [5.74, 6) is 10.2. The topological polar surface area (TPSA) is 317 Å². The van der Waals surface area contributed by atoms with Gasteiger partial charge in [0.25, 0.3) is 0 Å². The number of nitrogens with two attached hydrogens (primary N) is 4. The van der Waals surface area contributed by atoms with Crippen molar-refractivity contribution in [2.45, 2.75) is 271 Å². The summed E-state index contributed by atoms with van der Waals surface area (Å²) >= 11 is 24.2.